The Hall–Kier alpha value is -3.41. The number of hydrogen-bond acceptors (Lipinski definition) is 6. The summed E-state index contributed by atoms with van der Waals surface area (Å²) in [6.45, 7) is 6.32. The zero-order chi connectivity index (χ0) is 41.5. The number of esters is 3. The van der Waals surface area contributed by atoms with Gasteiger partial charge in [-0.15, -0.1) is 0 Å². The molecule has 0 aromatic heterocycles. The SMILES string of the molecule is CC/C=C\C/C=C\C/C=C\C/C=C\CCCCC(=O)OC[C@@H](COC(=O)CCCCCCCCCCC)OC(=O)CCCCCCC/C=C\C/C=C\C/C=C\CC. The van der Waals surface area contributed by atoms with Crippen LogP contribution in [0.25, 0.3) is 0 Å². The maximum Gasteiger partial charge on any atom is 0.306 e. The Kier molecular flexibility index (Phi) is 42.6. The highest BCUT2D eigenvalue weighted by Crippen LogP contribution is 2.13. The van der Waals surface area contributed by atoms with Crippen molar-refractivity contribution >= 4 is 17.9 Å². The van der Waals surface area contributed by atoms with E-state index in [1.807, 2.05) is 0 Å². The van der Waals surface area contributed by atoms with E-state index in [9.17, 15) is 14.4 Å². The van der Waals surface area contributed by atoms with E-state index in [0.717, 1.165) is 122 Å². The van der Waals surface area contributed by atoms with Crippen molar-refractivity contribution in [2.75, 3.05) is 13.2 Å². The van der Waals surface area contributed by atoms with Crippen molar-refractivity contribution < 1.29 is 28.6 Å². The van der Waals surface area contributed by atoms with Crippen molar-refractivity contribution in [3.8, 4) is 0 Å². The van der Waals surface area contributed by atoms with E-state index in [-0.39, 0.29) is 31.1 Å². The van der Waals surface area contributed by atoms with Gasteiger partial charge in [0.15, 0.2) is 6.10 Å². The summed E-state index contributed by atoms with van der Waals surface area (Å²) in [7, 11) is 0. The lowest BCUT2D eigenvalue weighted by molar-refractivity contribution is -0.167. The van der Waals surface area contributed by atoms with Crippen LogP contribution in [-0.4, -0.2) is 37.2 Å². The van der Waals surface area contributed by atoms with Gasteiger partial charge in [0, 0.05) is 19.3 Å². The summed E-state index contributed by atoms with van der Waals surface area (Å²) >= 11 is 0. The molecular formula is C51H84O6. The molecule has 0 unspecified atom stereocenters. The summed E-state index contributed by atoms with van der Waals surface area (Å²) < 4.78 is 16.7. The maximum atomic E-state index is 12.7. The minimum atomic E-state index is -0.799. The van der Waals surface area contributed by atoms with Gasteiger partial charge in [0.1, 0.15) is 13.2 Å². The minimum Gasteiger partial charge on any atom is -0.462 e. The highest BCUT2D eigenvalue weighted by atomic mass is 16.6. The monoisotopic (exact) mass is 793 g/mol. The predicted octanol–water partition coefficient (Wildman–Crippen LogP) is 14.9. The molecule has 0 aliphatic rings. The Morgan fingerprint density at radius 3 is 1.11 bits per heavy atom. The van der Waals surface area contributed by atoms with Crippen molar-refractivity contribution in [3.05, 3.63) is 85.1 Å². The van der Waals surface area contributed by atoms with Crippen LogP contribution in [0.4, 0.5) is 0 Å². The van der Waals surface area contributed by atoms with Gasteiger partial charge in [0.25, 0.3) is 0 Å². The second-order valence-electron chi connectivity index (χ2n) is 14.9. The van der Waals surface area contributed by atoms with Crippen molar-refractivity contribution in [1.29, 1.82) is 0 Å². The second-order valence-corrected chi connectivity index (χ2v) is 14.9. The maximum absolute atomic E-state index is 12.7. The summed E-state index contributed by atoms with van der Waals surface area (Å²) in [5, 5.41) is 0. The molecule has 6 heteroatoms. The normalized spacial score (nSPS) is 12.8. The Morgan fingerprint density at radius 1 is 0.368 bits per heavy atom. The lowest BCUT2D eigenvalue weighted by Crippen LogP contribution is -2.30. The molecule has 0 aromatic carbocycles. The average molecular weight is 793 g/mol. The minimum absolute atomic E-state index is 0.0969. The van der Waals surface area contributed by atoms with E-state index in [4.69, 9.17) is 14.2 Å². The van der Waals surface area contributed by atoms with Gasteiger partial charge in [-0.2, -0.15) is 0 Å². The zero-order valence-corrected chi connectivity index (χ0v) is 36.8. The van der Waals surface area contributed by atoms with Crippen LogP contribution in [0, 0.1) is 0 Å². The van der Waals surface area contributed by atoms with Crippen LogP contribution in [0.5, 0.6) is 0 Å². The summed E-state index contributed by atoms with van der Waals surface area (Å²) in [4.78, 5) is 37.7. The van der Waals surface area contributed by atoms with Crippen molar-refractivity contribution in [2.45, 2.75) is 207 Å². The first-order chi connectivity index (χ1) is 28.0. The van der Waals surface area contributed by atoms with E-state index in [0.29, 0.717) is 19.3 Å². The molecule has 0 fully saturated rings. The van der Waals surface area contributed by atoms with Gasteiger partial charge < -0.3 is 14.2 Å². The first-order valence-electron chi connectivity index (χ1n) is 23.1. The highest BCUT2D eigenvalue weighted by molar-refractivity contribution is 5.71. The fourth-order valence-electron chi connectivity index (χ4n) is 5.97. The molecule has 0 spiro atoms. The number of rotatable bonds is 40. The van der Waals surface area contributed by atoms with Crippen molar-refractivity contribution in [1.82, 2.24) is 0 Å². The van der Waals surface area contributed by atoms with Gasteiger partial charge in [0.05, 0.1) is 0 Å². The molecule has 6 nitrogen and oxygen atoms in total. The summed E-state index contributed by atoms with van der Waals surface area (Å²) in [5.74, 6) is -0.967. The van der Waals surface area contributed by atoms with Crippen LogP contribution in [-0.2, 0) is 28.6 Å². The summed E-state index contributed by atoms with van der Waals surface area (Å²) in [5.41, 5.74) is 0. The third kappa shape index (κ3) is 43.6. The largest absolute Gasteiger partial charge is 0.462 e. The molecule has 0 amide bonds. The molecule has 0 rings (SSSR count). The first-order valence-corrected chi connectivity index (χ1v) is 23.1. The average Bonchev–Trinajstić information content (AvgIpc) is 3.21. The molecule has 0 bridgehead atoms. The fourth-order valence-corrected chi connectivity index (χ4v) is 5.97. The molecule has 0 N–H and O–H groups in total. The molecule has 324 valence electrons. The number of carbonyl (C=O) groups is 3. The second kappa shape index (κ2) is 45.3. The van der Waals surface area contributed by atoms with Gasteiger partial charge in [-0.05, 0) is 89.9 Å². The first kappa shape index (κ1) is 53.6. The van der Waals surface area contributed by atoms with E-state index in [1.165, 1.54) is 38.5 Å². The number of carbonyl (C=O) groups excluding carboxylic acids is 3. The van der Waals surface area contributed by atoms with Crippen LogP contribution < -0.4 is 0 Å². The summed E-state index contributed by atoms with van der Waals surface area (Å²) in [6, 6.07) is 0. The van der Waals surface area contributed by atoms with Gasteiger partial charge >= 0.3 is 17.9 Å². The van der Waals surface area contributed by atoms with Crippen LogP contribution in [0.3, 0.4) is 0 Å². The zero-order valence-electron chi connectivity index (χ0n) is 36.8. The topological polar surface area (TPSA) is 78.9 Å². The number of ether oxygens (including phenoxy) is 3. The Balaban J connectivity index is 4.47. The number of allylic oxidation sites excluding steroid dienone is 14. The van der Waals surface area contributed by atoms with E-state index in [1.54, 1.807) is 0 Å². The van der Waals surface area contributed by atoms with Crippen LogP contribution in [0.15, 0.2) is 85.1 Å². The Bertz CT molecular complexity index is 1140. The molecule has 0 heterocycles. The summed E-state index contributed by atoms with van der Waals surface area (Å²) in [6.07, 6.45) is 57.1. The fraction of sp³-hybridized carbons (Fsp3) is 0.667. The van der Waals surface area contributed by atoms with E-state index >= 15 is 0 Å². The molecule has 57 heavy (non-hydrogen) atoms. The van der Waals surface area contributed by atoms with E-state index in [2.05, 4.69) is 106 Å². The molecule has 1 atom stereocenters. The Morgan fingerprint density at radius 2 is 0.684 bits per heavy atom. The Labute approximate surface area is 350 Å². The van der Waals surface area contributed by atoms with Gasteiger partial charge in [-0.3, -0.25) is 14.4 Å². The predicted molar refractivity (Wildman–Crippen MR) is 242 cm³/mol. The molecule has 0 saturated carbocycles. The van der Waals surface area contributed by atoms with Crippen LogP contribution in [0.1, 0.15) is 201 Å². The van der Waals surface area contributed by atoms with Crippen molar-refractivity contribution in [2.24, 2.45) is 0 Å². The van der Waals surface area contributed by atoms with Crippen molar-refractivity contribution in [3.63, 3.8) is 0 Å². The molecule has 0 aliphatic heterocycles. The third-order valence-electron chi connectivity index (χ3n) is 9.40. The molecule has 0 aromatic rings. The lowest BCUT2D eigenvalue weighted by atomic mass is 10.1. The van der Waals surface area contributed by atoms with Gasteiger partial charge in [-0.25, -0.2) is 0 Å². The van der Waals surface area contributed by atoms with Gasteiger partial charge in [-0.1, -0.05) is 176 Å². The third-order valence-corrected chi connectivity index (χ3v) is 9.40. The standard InChI is InChI=1S/C51H84O6/c1-4-7-10-13-16-19-21-23-25-27-29-32-35-38-41-44-50(53)56-47-48(46-55-49(52)43-40-37-34-31-18-15-12-9-6-3)57-51(54)45-42-39-36-33-30-28-26-24-22-20-17-14-11-8-5-2/h7-8,10-11,16-17,19-20,23-26,29,32,48H,4-6,9,12-15,18,21-22,27-28,30-31,33-47H2,1-3H3/b10-7-,11-8-,19-16-,20-17-,25-23-,26-24-,32-29-/t48-/m1/s1. The highest BCUT2D eigenvalue weighted by Gasteiger charge is 2.19. The smallest absolute Gasteiger partial charge is 0.306 e. The van der Waals surface area contributed by atoms with Crippen LogP contribution >= 0.6 is 0 Å². The molecule has 0 aliphatic carbocycles. The molecule has 0 saturated heterocycles. The van der Waals surface area contributed by atoms with Crippen LogP contribution in [0.2, 0.25) is 0 Å². The van der Waals surface area contributed by atoms with E-state index < -0.39 is 6.10 Å². The molecular weight excluding hydrogens is 709 g/mol. The lowest BCUT2D eigenvalue weighted by Gasteiger charge is -2.18. The quantitative estimate of drug-likeness (QED) is 0.0266. The number of unbranched alkanes of at least 4 members (excludes halogenated alkanes) is 15. The molecule has 0 radical (unpaired) electrons. The van der Waals surface area contributed by atoms with Gasteiger partial charge in [0.2, 0.25) is 0 Å². The number of hydrogen-bond donors (Lipinski definition) is 0.